The van der Waals surface area contributed by atoms with Gasteiger partial charge in [-0.15, -0.1) is 11.3 Å². The highest BCUT2D eigenvalue weighted by Gasteiger charge is 2.19. The molecule has 4 aromatic heterocycles. The van der Waals surface area contributed by atoms with Crippen LogP contribution in [0.5, 0.6) is 0 Å². The van der Waals surface area contributed by atoms with Gasteiger partial charge in [-0.25, -0.2) is 15.0 Å². The highest BCUT2D eigenvalue weighted by Crippen LogP contribution is 2.41. The summed E-state index contributed by atoms with van der Waals surface area (Å²) in [4.78, 5) is 14.1. The van der Waals surface area contributed by atoms with Crippen molar-refractivity contribution in [2.24, 2.45) is 0 Å². The van der Waals surface area contributed by atoms with E-state index < -0.39 is 119 Å². The summed E-state index contributed by atoms with van der Waals surface area (Å²) >= 11 is 0.836. The van der Waals surface area contributed by atoms with Crippen molar-refractivity contribution >= 4 is 75.3 Å². The Hall–Kier alpha value is -7.41. The molecular formula is C51H30N4OS. The van der Waals surface area contributed by atoms with Gasteiger partial charge >= 0.3 is 0 Å². The van der Waals surface area contributed by atoms with E-state index in [1.807, 2.05) is 72.8 Å². The monoisotopic (exact) mass is 762 g/mol. The van der Waals surface area contributed by atoms with Crippen molar-refractivity contribution in [2.75, 3.05) is 0 Å². The van der Waals surface area contributed by atoms with E-state index in [9.17, 15) is 5.48 Å². The van der Waals surface area contributed by atoms with Crippen molar-refractivity contribution < 1.29 is 26.3 Å². The Kier molecular flexibility index (Phi) is 4.40. The van der Waals surface area contributed by atoms with E-state index in [4.69, 9.17) is 30.8 Å². The van der Waals surface area contributed by atoms with Gasteiger partial charge in [0.2, 0.25) is 0 Å². The van der Waals surface area contributed by atoms with E-state index in [1.54, 1.807) is 12.1 Å². The van der Waals surface area contributed by atoms with Gasteiger partial charge < -0.3 is 8.98 Å². The first kappa shape index (κ1) is 20.0. The third-order valence-corrected chi connectivity index (χ3v) is 10.9. The third kappa shape index (κ3) is 5.12. The number of benzene rings is 8. The number of thiophene rings is 1. The molecule has 6 heteroatoms. The lowest BCUT2D eigenvalue weighted by Crippen LogP contribution is -2.01. The van der Waals surface area contributed by atoms with Gasteiger partial charge in [0, 0.05) is 58.7 Å². The predicted octanol–water partition coefficient (Wildman–Crippen LogP) is 13.9. The zero-order chi connectivity index (χ0) is 51.4. The van der Waals surface area contributed by atoms with Gasteiger partial charge in [-0.3, -0.25) is 0 Å². The molecule has 12 aromatic rings. The second-order valence-electron chi connectivity index (χ2n) is 13.2. The summed E-state index contributed by atoms with van der Waals surface area (Å²) in [5.74, 6) is -0.989. The lowest BCUT2D eigenvalue weighted by Gasteiger charge is -2.11. The molecule has 0 N–H and O–H groups in total. The van der Waals surface area contributed by atoms with E-state index in [0.717, 1.165) is 60.8 Å². The van der Waals surface area contributed by atoms with Gasteiger partial charge in [0.15, 0.2) is 17.5 Å². The summed E-state index contributed by atoms with van der Waals surface area (Å²) in [6.45, 7) is 0. The van der Waals surface area contributed by atoms with Crippen LogP contribution >= 0.6 is 11.3 Å². The molecule has 0 bridgehead atoms. The Morgan fingerprint density at radius 1 is 0.456 bits per heavy atom. The van der Waals surface area contributed by atoms with E-state index in [1.165, 1.54) is 0 Å². The molecule has 0 aliphatic heterocycles. The van der Waals surface area contributed by atoms with E-state index in [-0.39, 0.29) is 37.6 Å². The number of hydrogen-bond acceptors (Lipinski definition) is 5. The van der Waals surface area contributed by atoms with E-state index >= 15 is 0 Å². The predicted molar refractivity (Wildman–Crippen MR) is 236 cm³/mol. The number of para-hydroxylation sites is 2. The molecule has 8 aromatic carbocycles. The van der Waals surface area contributed by atoms with Crippen LogP contribution in [0.25, 0.3) is 115 Å². The molecule has 0 unspecified atom stereocenters. The van der Waals surface area contributed by atoms with Gasteiger partial charge in [0.25, 0.3) is 0 Å². The first-order chi connectivity index (χ1) is 34.9. The molecule has 57 heavy (non-hydrogen) atoms. The lowest BCUT2D eigenvalue weighted by molar-refractivity contribution is 0.673. The first-order valence-corrected chi connectivity index (χ1v) is 18.5. The smallest absolute Gasteiger partial charge is 0.164 e. The number of nitrogens with zero attached hydrogens (tertiary/aromatic N) is 4. The Morgan fingerprint density at radius 3 is 2.00 bits per heavy atom. The quantitative estimate of drug-likeness (QED) is 0.175. The van der Waals surface area contributed by atoms with Gasteiger partial charge in [-0.1, -0.05) is 115 Å². The molecule has 0 aliphatic rings. The van der Waals surface area contributed by atoms with Crippen molar-refractivity contribution in [1.82, 2.24) is 19.5 Å². The molecule has 0 aliphatic carbocycles. The zero-order valence-corrected chi connectivity index (χ0v) is 30.0. The minimum Gasteiger partial charge on any atom is -0.455 e. The molecule has 5 nitrogen and oxygen atoms in total. The van der Waals surface area contributed by atoms with Crippen LogP contribution in [0.4, 0.5) is 0 Å². The second kappa shape index (κ2) is 12.6. The van der Waals surface area contributed by atoms with Gasteiger partial charge in [-0.2, -0.15) is 0 Å². The van der Waals surface area contributed by atoms with Crippen molar-refractivity contribution in [2.45, 2.75) is 0 Å². The fourth-order valence-corrected chi connectivity index (χ4v) is 8.34. The van der Waals surface area contributed by atoms with E-state index in [2.05, 4.69) is 9.55 Å². The van der Waals surface area contributed by atoms with Crippen molar-refractivity contribution in [3.8, 4) is 51.0 Å². The van der Waals surface area contributed by atoms with Crippen molar-refractivity contribution in [3.63, 3.8) is 0 Å². The lowest BCUT2D eigenvalue weighted by atomic mass is 10.0. The summed E-state index contributed by atoms with van der Waals surface area (Å²) in [5.41, 5.74) is 2.34. The molecule has 4 heterocycles. The van der Waals surface area contributed by atoms with Crippen molar-refractivity contribution in [1.29, 1.82) is 0 Å². The Morgan fingerprint density at radius 2 is 1.14 bits per heavy atom. The van der Waals surface area contributed by atoms with Crippen LogP contribution in [-0.4, -0.2) is 19.5 Å². The van der Waals surface area contributed by atoms with Crippen LogP contribution in [0.3, 0.4) is 0 Å². The van der Waals surface area contributed by atoms with Gasteiger partial charge in [0.05, 0.1) is 38.4 Å². The van der Waals surface area contributed by atoms with Gasteiger partial charge in [-0.05, 0) is 77.8 Å². The summed E-state index contributed by atoms with van der Waals surface area (Å²) in [7, 11) is 0. The normalized spacial score (nSPS) is 15.8. The number of hydrogen-bond donors (Lipinski definition) is 0. The van der Waals surface area contributed by atoms with Crippen LogP contribution in [0.1, 0.15) is 21.9 Å². The Balaban J connectivity index is 1.11. The summed E-state index contributed by atoms with van der Waals surface area (Å²) in [5, 5.41) is 3.74. The van der Waals surface area contributed by atoms with Crippen LogP contribution in [0, 0.1) is 0 Å². The molecule has 0 spiro atoms. The van der Waals surface area contributed by atoms with E-state index in [0.29, 0.717) is 5.56 Å². The zero-order valence-electron chi connectivity index (χ0n) is 45.2. The van der Waals surface area contributed by atoms with Crippen molar-refractivity contribution in [3.05, 3.63) is 182 Å². The van der Waals surface area contributed by atoms with Crippen LogP contribution < -0.4 is 0 Å². The maximum Gasteiger partial charge on any atom is 0.164 e. The maximum atomic E-state index is 9.52. The van der Waals surface area contributed by atoms with Gasteiger partial charge in [0.1, 0.15) is 11.2 Å². The largest absolute Gasteiger partial charge is 0.455 e. The summed E-state index contributed by atoms with van der Waals surface area (Å²) < 4.78 is 149. The van der Waals surface area contributed by atoms with Crippen LogP contribution in [0.15, 0.2) is 186 Å². The molecule has 0 fully saturated rings. The second-order valence-corrected chi connectivity index (χ2v) is 14.2. The average Bonchev–Trinajstić information content (AvgIpc) is 4.09. The molecular weight excluding hydrogens is 717 g/mol. The minimum absolute atomic E-state index is 0.0248. The SMILES string of the molecule is [2H]c1c([2H])c([2H])c(-c2c([2H])c([2H])c([2H])c(-c3nc(-c4ccc(-n5c6ccccc6c6c7oc8ccccc8c7ccc65)cc4)nc(-c4c([2H])c([2H])c5c(sc6c([2H])c([2H])c([2H])c([2H])c65)c4[2H])n3)c2[2H])c([2H])c1[2H]. The average molecular weight is 763 g/mol. The topological polar surface area (TPSA) is 56.7 Å². The summed E-state index contributed by atoms with van der Waals surface area (Å²) in [6.07, 6.45) is 0. The molecule has 266 valence electrons. The Labute approximate surface area is 353 Å². The third-order valence-electron chi connectivity index (χ3n) is 9.91. The number of rotatable bonds is 5. The highest BCUT2D eigenvalue weighted by atomic mass is 32.1. The Bertz CT molecular complexity index is 4450. The summed E-state index contributed by atoms with van der Waals surface area (Å²) in [6, 6.07) is 16.8. The fourth-order valence-electron chi connectivity index (χ4n) is 7.37. The first-order valence-electron chi connectivity index (χ1n) is 25.7. The molecule has 0 amide bonds. The molecule has 0 radical (unpaired) electrons. The van der Waals surface area contributed by atoms with Crippen LogP contribution in [0.2, 0.25) is 0 Å². The highest BCUT2D eigenvalue weighted by molar-refractivity contribution is 7.25. The number of furan rings is 1. The van der Waals surface area contributed by atoms with Crippen LogP contribution in [-0.2, 0) is 0 Å². The molecule has 0 atom stereocenters. The molecule has 12 rings (SSSR count). The minimum atomic E-state index is -0.783. The molecule has 0 saturated carbocycles. The standard InChI is InChI=1S/C51H30N4OS/c1-2-11-31(12-3-1)33-13-10-14-34(29-33)50-52-49(53-51(54-50)35-23-26-39-38-16-6-9-20-45(38)57-46(39)30-35)32-21-24-36(25-22-32)55-42-18-7-4-17-41(42)47-43(55)28-27-40-37-15-5-8-19-44(37)56-48(40)47/h1-30H/i1D,2D,3D,6D,9D,10D,11D,12D,13D,14D,16D,20D,23D,26D,29D,30D. The molecule has 0 saturated heterocycles. The number of aromatic nitrogens is 4. The number of fused-ring (bicyclic) bond motifs is 10. The maximum absolute atomic E-state index is 9.52. The fraction of sp³-hybridized carbons (Fsp3) is 0.